The van der Waals surface area contributed by atoms with E-state index in [0.29, 0.717) is 17.0 Å². The zero-order chi connectivity index (χ0) is 15.4. The number of likely N-dealkylation sites (N-methyl/N-ethyl adjacent to an activating group) is 1. The van der Waals surface area contributed by atoms with Gasteiger partial charge in [0, 0.05) is 22.5 Å². The Balaban J connectivity index is 2.30. The van der Waals surface area contributed by atoms with Gasteiger partial charge in [-0.3, -0.25) is 4.98 Å². The molecule has 1 aromatic carbocycles. The summed E-state index contributed by atoms with van der Waals surface area (Å²) in [7, 11) is 0. The molecule has 4 heteroatoms. The molecular formula is C17H20ClFN2. The van der Waals surface area contributed by atoms with E-state index < -0.39 is 0 Å². The van der Waals surface area contributed by atoms with Gasteiger partial charge < -0.3 is 5.32 Å². The Bertz CT molecular complexity index is 628. The van der Waals surface area contributed by atoms with Gasteiger partial charge in [-0.05, 0) is 56.1 Å². The summed E-state index contributed by atoms with van der Waals surface area (Å²) in [4.78, 5) is 4.50. The van der Waals surface area contributed by atoms with Crippen molar-refractivity contribution < 1.29 is 4.39 Å². The molecule has 2 rings (SSSR count). The fourth-order valence-corrected chi connectivity index (χ4v) is 2.67. The minimum absolute atomic E-state index is 0.0405. The molecular weight excluding hydrogens is 287 g/mol. The molecule has 0 amide bonds. The largest absolute Gasteiger partial charge is 0.310 e. The Hall–Kier alpha value is -1.45. The van der Waals surface area contributed by atoms with Crippen LogP contribution in [-0.2, 0) is 6.42 Å². The number of nitrogens with one attached hydrogen (secondary N) is 1. The highest BCUT2D eigenvalue weighted by atomic mass is 35.5. The zero-order valence-corrected chi connectivity index (χ0v) is 13.3. The molecule has 2 aromatic rings. The number of rotatable bonds is 5. The number of halogens is 2. The van der Waals surface area contributed by atoms with E-state index in [0.717, 1.165) is 23.5 Å². The molecule has 0 saturated carbocycles. The molecule has 1 aromatic heterocycles. The van der Waals surface area contributed by atoms with Gasteiger partial charge in [0.05, 0.1) is 0 Å². The molecule has 2 nitrogen and oxygen atoms in total. The highest BCUT2D eigenvalue weighted by Gasteiger charge is 2.16. The van der Waals surface area contributed by atoms with Crippen LogP contribution in [0.2, 0.25) is 5.02 Å². The number of hydrogen-bond acceptors (Lipinski definition) is 2. The molecule has 1 atom stereocenters. The molecule has 21 heavy (non-hydrogen) atoms. The second kappa shape index (κ2) is 7.01. The summed E-state index contributed by atoms with van der Waals surface area (Å²) in [5.74, 6) is -0.261. The maximum Gasteiger partial charge on any atom is 0.127 e. The van der Waals surface area contributed by atoms with E-state index in [1.807, 2.05) is 26.8 Å². The first-order chi connectivity index (χ1) is 10.0. The summed E-state index contributed by atoms with van der Waals surface area (Å²) in [5.41, 5.74) is 3.74. The van der Waals surface area contributed by atoms with Crippen molar-refractivity contribution in [3.05, 3.63) is 63.7 Å². The van der Waals surface area contributed by atoms with Crippen LogP contribution in [0.4, 0.5) is 4.39 Å². The highest BCUT2D eigenvalue weighted by Crippen LogP contribution is 2.24. The molecule has 112 valence electrons. The van der Waals surface area contributed by atoms with Crippen LogP contribution in [0.5, 0.6) is 0 Å². The van der Waals surface area contributed by atoms with Crippen LogP contribution in [0.1, 0.15) is 35.5 Å². The number of aryl methyl sites for hydroxylation is 2. The van der Waals surface area contributed by atoms with Crippen LogP contribution in [0.15, 0.2) is 30.3 Å². The SMILES string of the molecule is CCNC(Cc1ccc(Cl)cc1F)c1ccc(C)nc1C. The van der Waals surface area contributed by atoms with E-state index in [2.05, 4.69) is 16.4 Å². The highest BCUT2D eigenvalue weighted by molar-refractivity contribution is 6.30. The van der Waals surface area contributed by atoms with Gasteiger partial charge in [-0.1, -0.05) is 30.7 Å². The fraction of sp³-hybridized carbons (Fsp3) is 0.353. The smallest absolute Gasteiger partial charge is 0.127 e. The normalized spacial score (nSPS) is 12.4. The third-order valence-corrected chi connectivity index (χ3v) is 3.77. The van der Waals surface area contributed by atoms with E-state index in [1.54, 1.807) is 12.1 Å². The van der Waals surface area contributed by atoms with Crippen LogP contribution in [0, 0.1) is 19.7 Å². The van der Waals surface area contributed by atoms with Gasteiger partial charge in [-0.15, -0.1) is 0 Å². The van der Waals surface area contributed by atoms with Gasteiger partial charge >= 0.3 is 0 Å². The Labute approximate surface area is 130 Å². The first kappa shape index (κ1) is 15.9. The average molecular weight is 307 g/mol. The summed E-state index contributed by atoms with van der Waals surface area (Å²) in [6, 6.07) is 8.94. The lowest BCUT2D eigenvalue weighted by molar-refractivity contribution is 0.524. The van der Waals surface area contributed by atoms with Crippen molar-refractivity contribution in [2.75, 3.05) is 6.54 Å². The lowest BCUT2D eigenvalue weighted by Gasteiger charge is -2.20. The molecule has 0 radical (unpaired) electrons. The summed E-state index contributed by atoms with van der Waals surface area (Å²) < 4.78 is 14.0. The predicted octanol–water partition coefficient (Wildman–Crippen LogP) is 4.38. The van der Waals surface area contributed by atoms with E-state index in [9.17, 15) is 4.39 Å². The van der Waals surface area contributed by atoms with E-state index in [1.165, 1.54) is 6.07 Å². The van der Waals surface area contributed by atoms with E-state index >= 15 is 0 Å². The first-order valence-electron chi connectivity index (χ1n) is 7.12. The van der Waals surface area contributed by atoms with Gasteiger partial charge in [-0.25, -0.2) is 4.39 Å². The summed E-state index contributed by atoms with van der Waals surface area (Å²) >= 11 is 5.81. The van der Waals surface area contributed by atoms with Crippen molar-refractivity contribution in [2.45, 2.75) is 33.2 Å². The zero-order valence-electron chi connectivity index (χ0n) is 12.6. The Morgan fingerprint density at radius 2 is 2.00 bits per heavy atom. The van der Waals surface area contributed by atoms with Gasteiger partial charge in [0.15, 0.2) is 0 Å². The van der Waals surface area contributed by atoms with E-state index in [4.69, 9.17) is 11.6 Å². The van der Waals surface area contributed by atoms with Crippen molar-refractivity contribution in [1.82, 2.24) is 10.3 Å². The second-order valence-electron chi connectivity index (χ2n) is 5.18. The summed E-state index contributed by atoms with van der Waals surface area (Å²) in [5, 5.41) is 3.83. The molecule has 0 bridgehead atoms. The van der Waals surface area contributed by atoms with Crippen LogP contribution < -0.4 is 5.32 Å². The minimum Gasteiger partial charge on any atom is -0.310 e. The van der Waals surface area contributed by atoms with Crippen molar-refractivity contribution in [3.63, 3.8) is 0 Å². The molecule has 0 aliphatic rings. The summed E-state index contributed by atoms with van der Waals surface area (Å²) in [6.45, 7) is 6.82. The Morgan fingerprint density at radius 3 is 2.62 bits per heavy atom. The Morgan fingerprint density at radius 1 is 1.24 bits per heavy atom. The van der Waals surface area contributed by atoms with Crippen molar-refractivity contribution >= 4 is 11.6 Å². The maximum atomic E-state index is 14.0. The van der Waals surface area contributed by atoms with Crippen molar-refractivity contribution in [2.24, 2.45) is 0 Å². The molecule has 0 fully saturated rings. The average Bonchev–Trinajstić information content (AvgIpc) is 2.41. The third-order valence-electron chi connectivity index (χ3n) is 3.53. The third kappa shape index (κ3) is 4.02. The van der Waals surface area contributed by atoms with Gasteiger partial charge in [-0.2, -0.15) is 0 Å². The molecule has 0 spiro atoms. The standard InChI is InChI=1S/C17H20ClFN2/c1-4-20-17(15-8-5-11(2)21-12(15)3)9-13-6-7-14(18)10-16(13)19/h5-8,10,17,20H,4,9H2,1-3H3. The topological polar surface area (TPSA) is 24.9 Å². The molecule has 0 aliphatic heterocycles. The monoisotopic (exact) mass is 306 g/mol. The van der Waals surface area contributed by atoms with Gasteiger partial charge in [0.25, 0.3) is 0 Å². The molecule has 0 saturated heterocycles. The number of pyridine rings is 1. The van der Waals surface area contributed by atoms with Crippen LogP contribution in [0.3, 0.4) is 0 Å². The number of benzene rings is 1. The molecule has 1 unspecified atom stereocenters. The maximum absolute atomic E-state index is 14.0. The van der Waals surface area contributed by atoms with Gasteiger partial charge in [0.2, 0.25) is 0 Å². The first-order valence-corrected chi connectivity index (χ1v) is 7.50. The second-order valence-corrected chi connectivity index (χ2v) is 5.61. The minimum atomic E-state index is -0.261. The van der Waals surface area contributed by atoms with E-state index in [-0.39, 0.29) is 11.9 Å². The van der Waals surface area contributed by atoms with Crippen molar-refractivity contribution in [3.8, 4) is 0 Å². The van der Waals surface area contributed by atoms with Crippen LogP contribution in [-0.4, -0.2) is 11.5 Å². The van der Waals surface area contributed by atoms with Crippen molar-refractivity contribution in [1.29, 1.82) is 0 Å². The molecule has 1 heterocycles. The molecule has 0 aliphatic carbocycles. The Kier molecular flexibility index (Phi) is 5.32. The molecule has 1 N–H and O–H groups in total. The number of nitrogens with zero attached hydrogens (tertiary/aromatic N) is 1. The number of hydrogen-bond donors (Lipinski definition) is 1. The predicted molar refractivity (Wildman–Crippen MR) is 85.2 cm³/mol. The lowest BCUT2D eigenvalue weighted by atomic mass is 9.97. The lowest BCUT2D eigenvalue weighted by Crippen LogP contribution is -2.24. The summed E-state index contributed by atoms with van der Waals surface area (Å²) in [6.07, 6.45) is 0.572. The number of aromatic nitrogens is 1. The quantitative estimate of drug-likeness (QED) is 0.886. The van der Waals surface area contributed by atoms with Gasteiger partial charge in [0.1, 0.15) is 5.82 Å². The fourth-order valence-electron chi connectivity index (χ4n) is 2.51. The van der Waals surface area contributed by atoms with Crippen LogP contribution >= 0.6 is 11.6 Å². The van der Waals surface area contributed by atoms with Crippen LogP contribution in [0.25, 0.3) is 0 Å².